The number of nitro benzene ring substituents is 2. The summed E-state index contributed by atoms with van der Waals surface area (Å²) in [5, 5.41) is 27.6. The van der Waals surface area contributed by atoms with E-state index in [0.29, 0.717) is 38.1 Å². The zero-order valence-corrected chi connectivity index (χ0v) is 30.0. The minimum Gasteiger partial charge on any atom is -0.382 e. The first-order valence-electron chi connectivity index (χ1n) is 17.2. The average Bonchev–Trinajstić information content (AvgIpc) is 3.11. The molecule has 0 heterocycles. The van der Waals surface area contributed by atoms with E-state index in [4.69, 9.17) is 9.92 Å². The summed E-state index contributed by atoms with van der Waals surface area (Å²) in [7, 11) is -3.85. The Morgan fingerprint density at radius 1 is 0.704 bits per heavy atom. The van der Waals surface area contributed by atoms with Crippen LogP contribution in [-0.4, -0.2) is 43.5 Å². The summed E-state index contributed by atoms with van der Waals surface area (Å²) in [5.41, 5.74) is 2.52. The molecule has 0 radical (unpaired) electrons. The van der Waals surface area contributed by atoms with Crippen LogP contribution in [0.1, 0.15) is 68.1 Å². The Kier molecular flexibility index (Phi) is 13.9. The molecule has 0 amide bonds. The van der Waals surface area contributed by atoms with Crippen molar-refractivity contribution in [3.8, 4) is 0 Å². The number of nitrogens with one attached hydrogen (secondary N) is 2. The van der Waals surface area contributed by atoms with Gasteiger partial charge in [-0.25, -0.2) is 0 Å². The van der Waals surface area contributed by atoms with Gasteiger partial charge in [0.2, 0.25) is 0 Å². The van der Waals surface area contributed by atoms with Gasteiger partial charge in [0.15, 0.2) is 0 Å². The normalized spacial score (nSPS) is 20.7. The Labute approximate surface area is 307 Å². The molecule has 0 atom stereocenters. The largest absolute Gasteiger partial charge is 0.423 e. The van der Waals surface area contributed by atoms with Crippen molar-refractivity contribution in [2.24, 2.45) is 17.6 Å². The van der Waals surface area contributed by atoms with E-state index < -0.39 is 54.8 Å². The molecular formula is C35H41F6N5O7S. The summed E-state index contributed by atoms with van der Waals surface area (Å²) >= 11 is 0. The van der Waals surface area contributed by atoms with Crippen LogP contribution in [0.3, 0.4) is 0 Å². The highest BCUT2D eigenvalue weighted by Crippen LogP contribution is 2.40. The fourth-order valence-electron chi connectivity index (χ4n) is 6.47. The fourth-order valence-corrected chi connectivity index (χ4v) is 7.45. The van der Waals surface area contributed by atoms with Crippen LogP contribution in [0, 0.1) is 39.0 Å². The first-order chi connectivity index (χ1) is 25.3. The Morgan fingerprint density at radius 2 is 1.11 bits per heavy atom. The molecular weight excluding hydrogens is 748 g/mol. The van der Waals surface area contributed by atoms with E-state index in [1.165, 1.54) is 24.3 Å². The van der Waals surface area contributed by atoms with E-state index in [2.05, 4.69) is 10.6 Å². The van der Waals surface area contributed by atoms with Gasteiger partial charge in [0.25, 0.3) is 21.5 Å². The summed E-state index contributed by atoms with van der Waals surface area (Å²) in [6.07, 6.45) is -3.55. The lowest BCUT2D eigenvalue weighted by Gasteiger charge is -2.29. The number of nitrogens with two attached hydrogens (primary N) is 1. The second-order valence-corrected chi connectivity index (χ2v) is 15.1. The lowest BCUT2D eigenvalue weighted by Crippen LogP contribution is -2.29. The van der Waals surface area contributed by atoms with Crippen molar-refractivity contribution in [2.75, 3.05) is 23.8 Å². The lowest BCUT2D eigenvalue weighted by molar-refractivity contribution is -0.388. The number of halogens is 6. The van der Waals surface area contributed by atoms with Gasteiger partial charge in [0, 0.05) is 35.6 Å². The number of anilines is 2. The van der Waals surface area contributed by atoms with Crippen LogP contribution >= 0.6 is 0 Å². The number of alkyl halides is 6. The number of hydrogen-bond donors (Lipinski definition) is 3. The molecule has 2 saturated carbocycles. The molecule has 3 aromatic rings. The average molecular weight is 790 g/mol. The van der Waals surface area contributed by atoms with E-state index in [-0.39, 0.29) is 40.9 Å². The highest BCUT2D eigenvalue weighted by Gasteiger charge is 2.40. The van der Waals surface area contributed by atoms with Gasteiger partial charge in [0.05, 0.1) is 21.3 Å². The molecule has 296 valence electrons. The minimum absolute atomic E-state index is 0.0101. The lowest BCUT2D eigenvalue weighted by atomic mass is 9.86. The molecule has 0 saturated heterocycles. The molecule has 3 aromatic carbocycles. The van der Waals surface area contributed by atoms with Crippen molar-refractivity contribution in [3.05, 3.63) is 97.6 Å². The number of aryl methyl sites for hydroxylation is 1. The van der Waals surface area contributed by atoms with E-state index >= 15 is 0 Å². The smallest absolute Gasteiger partial charge is 0.382 e. The number of benzene rings is 3. The molecule has 0 spiro atoms. The van der Waals surface area contributed by atoms with Gasteiger partial charge in [-0.3, -0.25) is 24.4 Å². The maximum atomic E-state index is 13.1. The van der Waals surface area contributed by atoms with Gasteiger partial charge in [-0.1, -0.05) is 17.7 Å². The van der Waals surface area contributed by atoms with Gasteiger partial charge in [0.1, 0.15) is 11.1 Å². The Balaban J connectivity index is 0.000000258. The Morgan fingerprint density at radius 3 is 1.48 bits per heavy atom. The van der Waals surface area contributed by atoms with Gasteiger partial charge in [-0.05, 0) is 113 Å². The summed E-state index contributed by atoms with van der Waals surface area (Å²) in [6.45, 7) is 2.52. The third kappa shape index (κ3) is 11.8. The van der Waals surface area contributed by atoms with Gasteiger partial charge in [-0.2, -0.15) is 34.8 Å². The molecule has 0 aliphatic heterocycles. The van der Waals surface area contributed by atoms with Crippen LogP contribution in [0.5, 0.6) is 0 Å². The van der Waals surface area contributed by atoms with Crippen molar-refractivity contribution in [3.63, 3.8) is 0 Å². The molecule has 0 unspecified atom stereocenters. The van der Waals surface area contributed by atoms with Crippen LogP contribution in [0.4, 0.5) is 49.1 Å². The third-order valence-electron chi connectivity index (χ3n) is 9.53. The predicted molar refractivity (Wildman–Crippen MR) is 188 cm³/mol. The van der Waals surface area contributed by atoms with Crippen LogP contribution in [0.15, 0.2) is 65.6 Å². The zero-order valence-electron chi connectivity index (χ0n) is 29.2. The van der Waals surface area contributed by atoms with Gasteiger partial charge >= 0.3 is 12.4 Å². The maximum Gasteiger partial charge on any atom is 0.423 e. The molecule has 2 aliphatic carbocycles. The molecule has 0 bridgehead atoms. The topological polar surface area (TPSA) is 180 Å². The van der Waals surface area contributed by atoms with E-state index in [9.17, 15) is 55.0 Å². The molecule has 2 fully saturated rings. The van der Waals surface area contributed by atoms with Crippen molar-refractivity contribution in [1.29, 1.82) is 0 Å². The number of hydrogen-bond acceptors (Lipinski definition) is 10. The van der Waals surface area contributed by atoms with E-state index in [1.807, 2.05) is 6.92 Å². The maximum absolute atomic E-state index is 13.1. The molecule has 2 aliphatic rings. The van der Waals surface area contributed by atoms with Crippen molar-refractivity contribution >= 4 is 32.9 Å². The molecule has 12 nitrogen and oxygen atoms in total. The van der Waals surface area contributed by atoms with Crippen LogP contribution in [-0.2, 0) is 26.7 Å². The van der Waals surface area contributed by atoms with Crippen molar-refractivity contribution < 1.29 is 48.8 Å². The monoisotopic (exact) mass is 789 g/mol. The van der Waals surface area contributed by atoms with Crippen LogP contribution < -0.4 is 16.4 Å². The van der Waals surface area contributed by atoms with E-state index in [1.54, 1.807) is 12.1 Å². The fraction of sp³-hybridized carbons (Fsp3) is 0.486. The molecule has 19 heteroatoms. The first-order valence-corrected chi connectivity index (χ1v) is 18.6. The quantitative estimate of drug-likeness (QED) is 0.0735. The van der Waals surface area contributed by atoms with Crippen molar-refractivity contribution in [2.45, 2.75) is 87.6 Å². The standard InChI is InChI=1S/C21H23F3N2O5S.C14H18F3N3O2/c1-14-2-9-18(10-3-14)32(29,30)31-13-15-4-6-16(7-5-15)25-17-8-11-20(26(27)28)19(12-17)21(22,23)24;15-14(16,17)12-7-11(5-6-13(12)20(21)22)19-10-3-1-9(8-18)2-4-10/h2-3,8-12,15-16,25H,4-7,13H2,1H3;5-7,9-10,19H,1-4,8,18H2. The third-order valence-corrected chi connectivity index (χ3v) is 10.8. The predicted octanol–water partition coefficient (Wildman–Crippen LogP) is 8.84. The summed E-state index contributed by atoms with van der Waals surface area (Å²) in [4.78, 5) is 19.6. The minimum atomic E-state index is -4.84. The highest BCUT2D eigenvalue weighted by atomic mass is 32.2. The second kappa shape index (κ2) is 17.8. The zero-order chi connectivity index (χ0) is 39.8. The number of nitrogens with zero attached hydrogens (tertiary/aromatic N) is 2. The SMILES string of the molecule is Cc1ccc(S(=O)(=O)OCC2CCC(Nc3ccc([N+](=O)[O-])c(C(F)(F)F)c3)CC2)cc1.NCC1CCC(Nc2ccc([N+](=O)[O-])c(C(F)(F)F)c2)CC1. The first kappa shape index (κ1) is 42.3. The Hall–Kier alpha value is -4.49. The molecule has 54 heavy (non-hydrogen) atoms. The molecule has 0 aromatic heterocycles. The number of nitro groups is 2. The van der Waals surface area contributed by atoms with Crippen LogP contribution in [0.2, 0.25) is 0 Å². The number of rotatable bonds is 11. The Bertz CT molecular complexity index is 1860. The van der Waals surface area contributed by atoms with E-state index in [0.717, 1.165) is 55.5 Å². The van der Waals surface area contributed by atoms with Gasteiger partial charge < -0.3 is 16.4 Å². The highest BCUT2D eigenvalue weighted by molar-refractivity contribution is 7.86. The summed E-state index contributed by atoms with van der Waals surface area (Å²) < 4.78 is 108. The molecule has 4 N–H and O–H groups in total. The van der Waals surface area contributed by atoms with Crippen molar-refractivity contribution in [1.82, 2.24) is 0 Å². The second-order valence-electron chi connectivity index (χ2n) is 13.5. The van der Waals surface area contributed by atoms with Gasteiger partial charge in [-0.15, -0.1) is 0 Å². The van der Waals surface area contributed by atoms with Crippen LogP contribution in [0.25, 0.3) is 0 Å². The molecule has 5 rings (SSSR count). The summed E-state index contributed by atoms with van der Waals surface area (Å²) in [6, 6.07) is 12.2. The summed E-state index contributed by atoms with van der Waals surface area (Å²) in [5.74, 6) is 0.483.